The molecule has 1 unspecified atom stereocenters. The third-order valence-electron chi connectivity index (χ3n) is 6.55. The average molecular weight is 417 g/mol. The molecule has 1 aromatic heterocycles. The van der Waals surface area contributed by atoms with Crippen LogP contribution in [0.4, 0.5) is 5.69 Å². The van der Waals surface area contributed by atoms with Crippen molar-refractivity contribution in [1.29, 1.82) is 0 Å². The van der Waals surface area contributed by atoms with Gasteiger partial charge in [0.25, 0.3) is 0 Å². The Hall–Kier alpha value is -2.33. The van der Waals surface area contributed by atoms with E-state index in [-0.39, 0.29) is 11.9 Å². The van der Waals surface area contributed by atoms with Crippen molar-refractivity contribution in [2.75, 3.05) is 10.7 Å². The number of amides is 1. The van der Waals surface area contributed by atoms with Gasteiger partial charge in [-0.3, -0.25) is 4.79 Å². The maximum Gasteiger partial charge on any atom is 0.237 e. The fraction of sp³-hybridized carbons (Fsp3) is 0.385. The molecule has 0 bridgehead atoms. The fourth-order valence-electron chi connectivity index (χ4n) is 5.08. The molecule has 4 heteroatoms. The summed E-state index contributed by atoms with van der Waals surface area (Å²) in [5.74, 6) is 1.37. The minimum absolute atomic E-state index is 0.180. The molecule has 2 heterocycles. The van der Waals surface area contributed by atoms with Gasteiger partial charge in [-0.05, 0) is 55.0 Å². The van der Waals surface area contributed by atoms with Crippen LogP contribution in [0.1, 0.15) is 43.7 Å². The Morgan fingerprint density at radius 1 is 1.10 bits per heavy atom. The SMILES string of the molecule is CC1Cc2ccccc2N1C(=O)CSc1nc2ccccc2cc1CC1CCCC1. The van der Waals surface area contributed by atoms with E-state index in [1.807, 2.05) is 17.0 Å². The molecule has 0 radical (unpaired) electrons. The van der Waals surface area contributed by atoms with Crippen LogP contribution in [0.3, 0.4) is 0 Å². The summed E-state index contributed by atoms with van der Waals surface area (Å²) in [6.45, 7) is 2.14. The molecule has 0 saturated heterocycles. The molecule has 2 aromatic carbocycles. The normalized spacial score (nSPS) is 18.8. The van der Waals surface area contributed by atoms with Crippen LogP contribution < -0.4 is 4.90 Å². The number of hydrogen-bond donors (Lipinski definition) is 0. The van der Waals surface area contributed by atoms with Gasteiger partial charge in [-0.1, -0.05) is 73.8 Å². The summed E-state index contributed by atoms with van der Waals surface area (Å²) in [4.78, 5) is 20.1. The number of para-hydroxylation sites is 2. The summed E-state index contributed by atoms with van der Waals surface area (Å²) >= 11 is 1.61. The van der Waals surface area contributed by atoms with Gasteiger partial charge in [0.1, 0.15) is 5.03 Å². The van der Waals surface area contributed by atoms with Crippen molar-refractivity contribution in [3.05, 3.63) is 65.7 Å². The molecule has 1 amide bonds. The van der Waals surface area contributed by atoms with E-state index in [0.717, 1.165) is 35.0 Å². The Labute approximate surface area is 182 Å². The van der Waals surface area contributed by atoms with Crippen molar-refractivity contribution in [1.82, 2.24) is 4.98 Å². The van der Waals surface area contributed by atoms with E-state index in [2.05, 4.69) is 49.4 Å². The van der Waals surface area contributed by atoms with E-state index >= 15 is 0 Å². The van der Waals surface area contributed by atoms with Crippen LogP contribution in [0.15, 0.2) is 59.6 Å². The maximum atomic E-state index is 13.2. The second-order valence-corrected chi connectivity index (χ2v) is 9.70. The third-order valence-corrected chi connectivity index (χ3v) is 7.57. The second-order valence-electron chi connectivity index (χ2n) is 8.73. The first-order valence-corrected chi connectivity index (χ1v) is 12.1. The molecule has 3 nitrogen and oxygen atoms in total. The molecule has 3 aromatic rings. The van der Waals surface area contributed by atoms with Crippen molar-refractivity contribution in [2.24, 2.45) is 5.92 Å². The molecule has 1 aliphatic carbocycles. The van der Waals surface area contributed by atoms with E-state index < -0.39 is 0 Å². The average Bonchev–Trinajstić information content (AvgIpc) is 3.38. The van der Waals surface area contributed by atoms with Gasteiger partial charge in [-0.15, -0.1) is 0 Å². The van der Waals surface area contributed by atoms with Gasteiger partial charge in [0.15, 0.2) is 0 Å². The van der Waals surface area contributed by atoms with Crippen LogP contribution in [0, 0.1) is 5.92 Å². The molecule has 0 spiro atoms. The van der Waals surface area contributed by atoms with Crippen molar-refractivity contribution >= 4 is 34.3 Å². The largest absolute Gasteiger partial charge is 0.308 e. The van der Waals surface area contributed by atoms with Gasteiger partial charge < -0.3 is 4.90 Å². The zero-order valence-electron chi connectivity index (χ0n) is 17.5. The number of nitrogens with zero attached hydrogens (tertiary/aromatic N) is 2. The number of hydrogen-bond acceptors (Lipinski definition) is 3. The number of benzene rings is 2. The molecule has 30 heavy (non-hydrogen) atoms. The van der Waals surface area contributed by atoms with Crippen molar-refractivity contribution in [3.63, 3.8) is 0 Å². The molecular weight excluding hydrogens is 388 g/mol. The highest BCUT2D eigenvalue weighted by Gasteiger charge is 2.30. The van der Waals surface area contributed by atoms with Crippen molar-refractivity contribution in [3.8, 4) is 0 Å². The number of anilines is 1. The fourth-order valence-corrected chi connectivity index (χ4v) is 5.97. The highest BCUT2D eigenvalue weighted by molar-refractivity contribution is 8.00. The number of pyridine rings is 1. The first-order chi connectivity index (χ1) is 14.7. The number of rotatable bonds is 5. The second kappa shape index (κ2) is 8.43. The molecule has 0 N–H and O–H groups in total. The molecule has 1 fully saturated rings. The summed E-state index contributed by atoms with van der Waals surface area (Å²) < 4.78 is 0. The Morgan fingerprint density at radius 2 is 1.87 bits per heavy atom. The highest BCUT2D eigenvalue weighted by atomic mass is 32.2. The first-order valence-electron chi connectivity index (χ1n) is 11.1. The molecule has 1 aliphatic heterocycles. The van der Waals surface area contributed by atoms with Crippen molar-refractivity contribution < 1.29 is 4.79 Å². The highest BCUT2D eigenvalue weighted by Crippen LogP contribution is 2.35. The topological polar surface area (TPSA) is 33.2 Å². The molecule has 5 rings (SSSR count). The molecule has 154 valence electrons. The monoisotopic (exact) mass is 416 g/mol. The Kier molecular flexibility index (Phi) is 5.51. The van der Waals surface area contributed by atoms with Gasteiger partial charge in [-0.25, -0.2) is 4.98 Å². The summed E-state index contributed by atoms with van der Waals surface area (Å²) in [5.41, 5.74) is 4.68. The van der Waals surface area contributed by atoms with Crippen LogP contribution >= 0.6 is 11.8 Å². The number of carbonyl (C=O) groups excluding carboxylic acids is 1. The molecule has 2 aliphatic rings. The summed E-state index contributed by atoms with van der Waals surface area (Å²) in [6, 6.07) is 19.1. The zero-order valence-corrected chi connectivity index (χ0v) is 18.3. The van der Waals surface area contributed by atoms with Crippen LogP contribution in [0.2, 0.25) is 0 Å². The standard InChI is InChI=1S/C26H28N2OS/c1-18-14-21-11-5-7-13-24(21)28(18)25(29)17-30-26-22(15-19-8-2-3-9-19)16-20-10-4-6-12-23(20)27-26/h4-7,10-13,16,18-19H,2-3,8-9,14-15,17H2,1H3. The van der Waals surface area contributed by atoms with E-state index in [9.17, 15) is 4.79 Å². The molecular formula is C26H28N2OS. The number of thioether (sulfide) groups is 1. The predicted molar refractivity (Wildman–Crippen MR) is 125 cm³/mol. The van der Waals surface area contributed by atoms with Gasteiger partial charge in [0.05, 0.1) is 11.3 Å². The maximum absolute atomic E-state index is 13.2. The van der Waals surface area contributed by atoms with Gasteiger partial charge >= 0.3 is 0 Å². The minimum atomic E-state index is 0.180. The Bertz CT molecular complexity index is 1070. The summed E-state index contributed by atoms with van der Waals surface area (Å²) in [7, 11) is 0. The van der Waals surface area contributed by atoms with Crippen LogP contribution in [0.25, 0.3) is 10.9 Å². The lowest BCUT2D eigenvalue weighted by atomic mass is 9.98. The van der Waals surface area contributed by atoms with E-state index in [1.54, 1.807) is 11.8 Å². The minimum Gasteiger partial charge on any atom is -0.308 e. The van der Waals surface area contributed by atoms with E-state index in [0.29, 0.717) is 5.75 Å². The lowest BCUT2D eigenvalue weighted by Gasteiger charge is -2.23. The quantitative estimate of drug-likeness (QED) is 0.476. The smallest absolute Gasteiger partial charge is 0.237 e. The number of aromatic nitrogens is 1. The molecule has 1 saturated carbocycles. The Morgan fingerprint density at radius 3 is 2.73 bits per heavy atom. The van der Waals surface area contributed by atoms with Crippen LogP contribution in [-0.2, 0) is 17.6 Å². The third kappa shape index (κ3) is 3.85. The van der Waals surface area contributed by atoms with Crippen molar-refractivity contribution in [2.45, 2.75) is 56.5 Å². The first kappa shape index (κ1) is 19.6. The van der Waals surface area contributed by atoms with Gasteiger partial charge in [-0.2, -0.15) is 0 Å². The number of fused-ring (bicyclic) bond motifs is 2. The summed E-state index contributed by atoms with van der Waals surface area (Å²) in [5, 5.41) is 2.23. The summed E-state index contributed by atoms with van der Waals surface area (Å²) in [6.07, 6.45) is 7.35. The number of carbonyl (C=O) groups is 1. The Balaban J connectivity index is 1.38. The molecule has 1 atom stereocenters. The van der Waals surface area contributed by atoms with Gasteiger partial charge in [0.2, 0.25) is 5.91 Å². The van der Waals surface area contributed by atoms with Crippen LogP contribution in [0.5, 0.6) is 0 Å². The van der Waals surface area contributed by atoms with Gasteiger partial charge in [0, 0.05) is 17.1 Å². The lowest BCUT2D eigenvalue weighted by Crippen LogP contribution is -2.37. The van der Waals surface area contributed by atoms with E-state index in [1.165, 1.54) is 42.2 Å². The van der Waals surface area contributed by atoms with Crippen LogP contribution in [-0.4, -0.2) is 22.7 Å². The zero-order chi connectivity index (χ0) is 20.5. The predicted octanol–water partition coefficient (Wildman–Crippen LogP) is 6.04. The lowest BCUT2D eigenvalue weighted by molar-refractivity contribution is -0.116. The van der Waals surface area contributed by atoms with E-state index in [4.69, 9.17) is 4.98 Å².